The quantitative estimate of drug-likeness (QED) is 0.736. The van der Waals surface area contributed by atoms with Crippen molar-refractivity contribution in [3.63, 3.8) is 0 Å². The monoisotopic (exact) mass is 365 g/mol. The topological polar surface area (TPSA) is 108 Å². The number of nitrogens with zero attached hydrogens (tertiary/aromatic N) is 3. The third kappa shape index (κ3) is 2.84. The average molecular weight is 365 g/mol. The molecule has 0 fully saturated rings. The SMILES string of the molecule is COc1cccc(-c2nc3n(n2)C(c2ccc(C)o2)C(C(N)=O)=C(C)N3)c1. The van der Waals surface area contributed by atoms with Gasteiger partial charge in [-0.1, -0.05) is 12.1 Å². The van der Waals surface area contributed by atoms with Gasteiger partial charge in [0.15, 0.2) is 5.82 Å². The van der Waals surface area contributed by atoms with Crippen molar-refractivity contribution in [2.24, 2.45) is 5.73 Å². The van der Waals surface area contributed by atoms with E-state index in [1.807, 2.05) is 43.3 Å². The Hall–Kier alpha value is -3.55. The zero-order chi connectivity index (χ0) is 19.1. The van der Waals surface area contributed by atoms with Gasteiger partial charge in [0.1, 0.15) is 23.3 Å². The minimum atomic E-state index is -0.584. The number of anilines is 1. The van der Waals surface area contributed by atoms with Crippen LogP contribution in [0.2, 0.25) is 0 Å². The highest BCUT2D eigenvalue weighted by Gasteiger charge is 2.35. The second-order valence-electron chi connectivity index (χ2n) is 6.31. The van der Waals surface area contributed by atoms with Crippen molar-refractivity contribution in [3.8, 4) is 17.1 Å². The highest BCUT2D eigenvalue weighted by molar-refractivity contribution is 5.95. The predicted molar refractivity (Wildman–Crippen MR) is 99.1 cm³/mol. The van der Waals surface area contributed by atoms with Crippen molar-refractivity contribution < 1.29 is 13.9 Å². The minimum Gasteiger partial charge on any atom is -0.497 e. The van der Waals surface area contributed by atoms with E-state index in [4.69, 9.17) is 14.9 Å². The van der Waals surface area contributed by atoms with Crippen molar-refractivity contribution in [2.75, 3.05) is 12.4 Å². The van der Waals surface area contributed by atoms with Gasteiger partial charge in [-0.05, 0) is 38.1 Å². The first-order chi connectivity index (χ1) is 13.0. The number of carbonyl (C=O) groups excluding carboxylic acids is 1. The molecule has 0 spiro atoms. The summed E-state index contributed by atoms with van der Waals surface area (Å²) in [6.07, 6.45) is 0. The Morgan fingerprint density at radius 2 is 2.11 bits per heavy atom. The van der Waals surface area contributed by atoms with Crippen LogP contribution >= 0.6 is 0 Å². The molecule has 27 heavy (non-hydrogen) atoms. The van der Waals surface area contributed by atoms with E-state index in [1.54, 1.807) is 18.7 Å². The number of primary amides is 1. The lowest BCUT2D eigenvalue weighted by atomic mass is 10.0. The molecular weight excluding hydrogens is 346 g/mol. The second-order valence-corrected chi connectivity index (χ2v) is 6.31. The molecule has 1 unspecified atom stereocenters. The van der Waals surface area contributed by atoms with Gasteiger partial charge in [-0.25, -0.2) is 4.68 Å². The fourth-order valence-electron chi connectivity index (χ4n) is 3.22. The molecule has 1 aliphatic rings. The molecule has 3 heterocycles. The van der Waals surface area contributed by atoms with Crippen molar-refractivity contribution in [1.82, 2.24) is 14.8 Å². The van der Waals surface area contributed by atoms with Crippen LogP contribution in [0.4, 0.5) is 5.95 Å². The summed E-state index contributed by atoms with van der Waals surface area (Å²) in [7, 11) is 1.61. The van der Waals surface area contributed by atoms with Crippen LogP contribution in [-0.4, -0.2) is 27.8 Å². The summed E-state index contributed by atoms with van der Waals surface area (Å²) in [6, 6.07) is 10.5. The Balaban J connectivity index is 1.86. The van der Waals surface area contributed by atoms with Crippen LogP contribution in [0.5, 0.6) is 5.75 Å². The van der Waals surface area contributed by atoms with Gasteiger partial charge in [-0.2, -0.15) is 4.98 Å². The van der Waals surface area contributed by atoms with E-state index in [2.05, 4.69) is 15.4 Å². The molecule has 0 radical (unpaired) electrons. The number of nitrogens with two attached hydrogens (primary N) is 1. The second kappa shape index (κ2) is 6.31. The molecule has 3 N–H and O–H groups in total. The van der Waals surface area contributed by atoms with Gasteiger partial charge in [0.05, 0.1) is 12.7 Å². The molecule has 1 atom stereocenters. The number of allylic oxidation sites excluding steroid dienone is 1. The van der Waals surface area contributed by atoms with E-state index in [1.165, 1.54) is 0 Å². The third-order valence-corrected chi connectivity index (χ3v) is 4.48. The first kappa shape index (κ1) is 16.9. The summed E-state index contributed by atoms with van der Waals surface area (Å²) in [5, 5.41) is 7.73. The van der Waals surface area contributed by atoms with Crippen molar-refractivity contribution >= 4 is 11.9 Å². The Kier molecular flexibility index (Phi) is 3.95. The van der Waals surface area contributed by atoms with Crippen molar-refractivity contribution in [2.45, 2.75) is 19.9 Å². The number of aromatic nitrogens is 3. The average Bonchev–Trinajstić information content (AvgIpc) is 3.26. The van der Waals surface area contributed by atoms with Crippen LogP contribution in [0.25, 0.3) is 11.4 Å². The Morgan fingerprint density at radius 3 is 2.78 bits per heavy atom. The van der Waals surface area contributed by atoms with Gasteiger partial charge >= 0.3 is 0 Å². The highest BCUT2D eigenvalue weighted by Crippen LogP contribution is 2.36. The maximum absolute atomic E-state index is 12.1. The number of ether oxygens (including phenoxy) is 1. The van der Waals surface area contributed by atoms with E-state index in [-0.39, 0.29) is 0 Å². The smallest absolute Gasteiger partial charge is 0.249 e. The molecule has 0 aliphatic carbocycles. The minimum absolute atomic E-state index is 0.388. The normalized spacial score (nSPS) is 16.0. The first-order valence-corrected chi connectivity index (χ1v) is 8.43. The number of furan rings is 1. The first-order valence-electron chi connectivity index (χ1n) is 8.43. The van der Waals surface area contributed by atoms with Gasteiger partial charge in [-0.3, -0.25) is 4.79 Å². The number of fused-ring (bicyclic) bond motifs is 1. The molecule has 4 rings (SSSR count). The zero-order valence-corrected chi connectivity index (χ0v) is 15.2. The number of hydrogen-bond donors (Lipinski definition) is 2. The number of rotatable bonds is 4. The van der Waals surface area contributed by atoms with Gasteiger partial charge in [0.25, 0.3) is 0 Å². The van der Waals surface area contributed by atoms with Crippen molar-refractivity contribution in [3.05, 3.63) is 59.2 Å². The molecule has 1 amide bonds. The number of benzene rings is 1. The van der Waals surface area contributed by atoms with Gasteiger partial charge < -0.3 is 20.2 Å². The third-order valence-electron chi connectivity index (χ3n) is 4.48. The number of amides is 1. The largest absolute Gasteiger partial charge is 0.497 e. The maximum atomic E-state index is 12.1. The van der Waals surface area contributed by atoms with Crippen LogP contribution < -0.4 is 15.8 Å². The Bertz CT molecular complexity index is 1060. The van der Waals surface area contributed by atoms with Crippen LogP contribution in [0.3, 0.4) is 0 Å². The molecule has 8 heteroatoms. The van der Waals surface area contributed by atoms with Crippen LogP contribution in [-0.2, 0) is 4.79 Å². The Labute approximate surface area is 155 Å². The van der Waals surface area contributed by atoms with E-state index in [0.29, 0.717) is 34.6 Å². The van der Waals surface area contributed by atoms with Crippen LogP contribution in [0.1, 0.15) is 24.5 Å². The van der Waals surface area contributed by atoms with Gasteiger partial charge in [0.2, 0.25) is 11.9 Å². The van der Waals surface area contributed by atoms with Crippen molar-refractivity contribution in [1.29, 1.82) is 0 Å². The molecule has 2 aromatic heterocycles. The van der Waals surface area contributed by atoms with E-state index in [0.717, 1.165) is 11.3 Å². The summed E-state index contributed by atoms with van der Waals surface area (Å²) < 4.78 is 12.7. The van der Waals surface area contributed by atoms with E-state index in [9.17, 15) is 4.79 Å². The summed E-state index contributed by atoms with van der Waals surface area (Å²) in [5.41, 5.74) is 7.46. The molecule has 0 saturated heterocycles. The number of nitrogens with one attached hydrogen (secondary N) is 1. The number of methoxy groups -OCH3 is 1. The summed E-state index contributed by atoms with van der Waals surface area (Å²) in [5.74, 6) is 2.49. The number of carbonyl (C=O) groups is 1. The Morgan fingerprint density at radius 1 is 1.30 bits per heavy atom. The van der Waals surface area contributed by atoms with Crippen LogP contribution in [0, 0.1) is 6.92 Å². The highest BCUT2D eigenvalue weighted by atomic mass is 16.5. The predicted octanol–water partition coefficient (Wildman–Crippen LogP) is 2.63. The molecule has 138 valence electrons. The summed E-state index contributed by atoms with van der Waals surface area (Å²) in [4.78, 5) is 16.7. The summed E-state index contributed by atoms with van der Waals surface area (Å²) >= 11 is 0. The van der Waals surface area contributed by atoms with Gasteiger partial charge in [-0.15, -0.1) is 5.10 Å². The van der Waals surface area contributed by atoms with Crippen LogP contribution in [0.15, 0.2) is 52.1 Å². The molecule has 8 nitrogen and oxygen atoms in total. The molecule has 0 saturated carbocycles. The van der Waals surface area contributed by atoms with E-state index < -0.39 is 11.9 Å². The molecular formula is C19H19N5O3. The maximum Gasteiger partial charge on any atom is 0.249 e. The van der Waals surface area contributed by atoms with E-state index >= 15 is 0 Å². The number of hydrogen-bond acceptors (Lipinski definition) is 6. The fourth-order valence-corrected chi connectivity index (χ4v) is 3.22. The summed E-state index contributed by atoms with van der Waals surface area (Å²) in [6.45, 7) is 3.63. The molecule has 1 aliphatic heterocycles. The lowest BCUT2D eigenvalue weighted by Crippen LogP contribution is -2.31. The lowest BCUT2D eigenvalue weighted by Gasteiger charge is -2.25. The molecule has 0 bridgehead atoms. The molecule has 3 aromatic rings. The zero-order valence-electron chi connectivity index (χ0n) is 15.2. The lowest BCUT2D eigenvalue weighted by molar-refractivity contribution is -0.115. The molecule has 1 aromatic carbocycles. The fraction of sp³-hybridized carbons (Fsp3) is 0.211. The standard InChI is InChI=1S/C19H19N5O3/c1-10-7-8-14(27-10)16-15(17(20)25)11(2)21-19-22-18(23-24(16)19)12-5-4-6-13(9-12)26-3/h4-9,16H,1-3H3,(H2,20,25)(H,21,22,23). The number of aryl methyl sites for hydroxylation is 1. The van der Waals surface area contributed by atoms with Gasteiger partial charge in [0, 0.05) is 11.3 Å².